The van der Waals surface area contributed by atoms with Crippen LogP contribution in [0.2, 0.25) is 0 Å². The van der Waals surface area contributed by atoms with Gasteiger partial charge in [-0.3, -0.25) is 0 Å². The summed E-state index contributed by atoms with van der Waals surface area (Å²) in [4.78, 5) is 16.6. The van der Waals surface area contributed by atoms with Crippen LogP contribution in [0.3, 0.4) is 0 Å². The van der Waals surface area contributed by atoms with Crippen molar-refractivity contribution < 1.29 is 30.7 Å². The SMILES string of the molecule is CCOP(O)(O)=S.NCCCN.O.O.O. The van der Waals surface area contributed by atoms with Gasteiger partial charge < -0.3 is 42.2 Å². The van der Waals surface area contributed by atoms with E-state index in [9.17, 15) is 0 Å². The molecule has 0 saturated carbocycles. The number of nitrogens with two attached hydrogens (primary N) is 2. The molecule has 0 spiro atoms. The lowest BCUT2D eigenvalue weighted by atomic mass is 10.4. The molecule has 0 amide bonds. The monoisotopic (exact) mass is 270 g/mol. The number of rotatable bonds is 4. The van der Waals surface area contributed by atoms with Gasteiger partial charge in [0.1, 0.15) is 0 Å². The van der Waals surface area contributed by atoms with Gasteiger partial charge in [0.15, 0.2) is 0 Å². The molecule has 0 aromatic rings. The Morgan fingerprint density at radius 1 is 1.13 bits per heavy atom. The first kappa shape index (κ1) is 29.5. The molecule has 0 aliphatic carbocycles. The van der Waals surface area contributed by atoms with E-state index in [1.54, 1.807) is 6.92 Å². The zero-order valence-electron chi connectivity index (χ0n) is 8.64. The van der Waals surface area contributed by atoms with Gasteiger partial charge in [-0.25, -0.2) is 0 Å². The van der Waals surface area contributed by atoms with Gasteiger partial charge in [-0.2, -0.15) is 0 Å². The lowest BCUT2D eigenvalue weighted by molar-refractivity contribution is 0.265. The molecule has 0 unspecified atom stereocenters. The van der Waals surface area contributed by atoms with Crippen molar-refractivity contribution in [3.8, 4) is 0 Å². The molecule has 0 atom stereocenters. The molecule has 10 heteroatoms. The van der Waals surface area contributed by atoms with Crippen molar-refractivity contribution >= 4 is 18.5 Å². The predicted octanol–water partition coefficient (Wildman–Crippen LogP) is -2.95. The van der Waals surface area contributed by atoms with E-state index in [0.717, 1.165) is 19.5 Å². The van der Waals surface area contributed by atoms with Crippen LogP contribution in [-0.2, 0) is 16.3 Å². The quantitative estimate of drug-likeness (QED) is 0.394. The topological polar surface area (TPSA) is 196 Å². The second-order valence-corrected chi connectivity index (χ2v) is 4.51. The van der Waals surface area contributed by atoms with Gasteiger partial charge in [0.25, 0.3) is 0 Å². The van der Waals surface area contributed by atoms with E-state index >= 15 is 0 Å². The lowest BCUT2D eigenvalue weighted by Crippen LogP contribution is -2.06. The van der Waals surface area contributed by atoms with Gasteiger partial charge in [-0.15, -0.1) is 0 Å². The smallest absolute Gasteiger partial charge is 0.321 e. The highest BCUT2D eigenvalue weighted by Gasteiger charge is 2.03. The number of hydrogen-bond donors (Lipinski definition) is 4. The van der Waals surface area contributed by atoms with Crippen LogP contribution in [0.25, 0.3) is 0 Å². The fourth-order valence-electron chi connectivity index (χ4n) is 0.286. The van der Waals surface area contributed by atoms with Crippen molar-refractivity contribution in [2.75, 3.05) is 19.7 Å². The van der Waals surface area contributed by atoms with Gasteiger partial charge in [0.05, 0.1) is 6.61 Å². The largest absolute Gasteiger partial charge is 0.412 e. The van der Waals surface area contributed by atoms with Crippen LogP contribution >= 0.6 is 6.72 Å². The highest BCUT2D eigenvalue weighted by molar-refractivity contribution is 8.06. The molecule has 0 aliphatic rings. The third-order valence-electron chi connectivity index (χ3n) is 0.706. The molecule has 0 aliphatic heterocycles. The van der Waals surface area contributed by atoms with Gasteiger partial charge in [0, 0.05) is 0 Å². The molecule has 0 aromatic heterocycles. The Hall–Kier alpha value is 0.330. The molecular formula is C5H23N2O6PS. The summed E-state index contributed by atoms with van der Waals surface area (Å²) in [5.41, 5.74) is 10.1. The Morgan fingerprint density at radius 3 is 1.47 bits per heavy atom. The second kappa shape index (κ2) is 19.8. The minimum atomic E-state index is -3.33. The Labute approximate surface area is 94.4 Å². The average molecular weight is 270 g/mol. The first-order valence-electron chi connectivity index (χ1n) is 3.58. The molecule has 0 bridgehead atoms. The molecule has 0 rings (SSSR count). The van der Waals surface area contributed by atoms with Gasteiger partial charge in [0.2, 0.25) is 0 Å². The van der Waals surface area contributed by atoms with E-state index < -0.39 is 6.72 Å². The van der Waals surface area contributed by atoms with Crippen molar-refractivity contribution in [1.82, 2.24) is 0 Å². The van der Waals surface area contributed by atoms with Gasteiger partial charge in [-0.05, 0) is 38.2 Å². The zero-order valence-corrected chi connectivity index (χ0v) is 10.4. The van der Waals surface area contributed by atoms with Gasteiger partial charge in [-0.1, -0.05) is 0 Å². The number of hydrogen-bond acceptors (Lipinski definition) is 4. The first-order chi connectivity index (χ1) is 5.47. The van der Waals surface area contributed by atoms with Crippen molar-refractivity contribution in [2.24, 2.45) is 11.5 Å². The van der Waals surface area contributed by atoms with E-state index in [1.165, 1.54) is 0 Å². The predicted molar refractivity (Wildman–Crippen MR) is 63.9 cm³/mol. The molecule has 100 valence electrons. The molecule has 15 heavy (non-hydrogen) atoms. The van der Waals surface area contributed by atoms with Crippen molar-refractivity contribution in [2.45, 2.75) is 13.3 Å². The Balaban J connectivity index is -0.0000000383. The van der Waals surface area contributed by atoms with E-state index in [0.29, 0.717) is 0 Å². The van der Waals surface area contributed by atoms with Crippen molar-refractivity contribution in [3.63, 3.8) is 0 Å². The van der Waals surface area contributed by atoms with E-state index in [4.69, 9.17) is 21.3 Å². The molecule has 0 heterocycles. The molecule has 0 fully saturated rings. The molecular weight excluding hydrogens is 247 g/mol. The van der Waals surface area contributed by atoms with Crippen molar-refractivity contribution in [1.29, 1.82) is 0 Å². The van der Waals surface area contributed by atoms with Crippen LogP contribution in [0.1, 0.15) is 13.3 Å². The minimum Gasteiger partial charge on any atom is -0.412 e. The molecule has 0 saturated heterocycles. The summed E-state index contributed by atoms with van der Waals surface area (Å²) in [6.45, 7) is 0.00569. The summed E-state index contributed by atoms with van der Waals surface area (Å²) in [5, 5.41) is 0. The molecule has 0 radical (unpaired) electrons. The lowest BCUT2D eigenvalue weighted by Gasteiger charge is -2.02. The Kier molecular flexibility index (Phi) is 39.0. The minimum absolute atomic E-state index is 0. The van der Waals surface area contributed by atoms with E-state index in [2.05, 4.69) is 16.3 Å². The normalized spacial score (nSPS) is 8.33. The maximum absolute atomic E-state index is 8.28. The van der Waals surface area contributed by atoms with Gasteiger partial charge >= 0.3 is 6.72 Å². The Bertz CT molecular complexity index is 133. The Morgan fingerprint density at radius 2 is 1.47 bits per heavy atom. The van der Waals surface area contributed by atoms with E-state index in [-0.39, 0.29) is 23.0 Å². The summed E-state index contributed by atoms with van der Waals surface area (Å²) in [6.07, 6.45) is 0.944. The fraction of sp³-hybridized carbons (Fsp3) is 1.00. The highest BCUT2D eigenvalue weighted by Crippen LogP contribution is 2.35. The maximum Gasteiger partial charge on any atom is 0.321 e. The van der Waals surface area contributed by atoms with Crippen LogP contribution < -0.4 is 11.5 Å². The highest BCUT2D eigenvalue weighted by atomic mass is 32.5. The van der Waals surface area contributed by atoms with Crippen molar-refractivity contribution in [3.05, 3.63) is 0 Å². The van der Waals surface area contributed by atoms with Crippen LogP contribution in [-0.4, -0.2) is 45.9 Å². The van der Waals surface area contributed by atoms with Crippen LogP contribution in [0.5, 0.6) is 0 Å². The zero-order chi connectivity index (χ0) is 10.0. The summed E-state index contributed by atoms with van der Waals surface area (Å²) < 4.78 is 4.27. The van der Waals surface area contributed by atoms with Crippen LogP contribution in [0.15, 0.2) is 0 Å². The first-order valence-corrected chi connectivity index (χ1v) is 6.20. The standard InChI is InChI=1S/C3H10N2.C2H7O3PS.3H2O/c4-2-1-3-5;1-2-5-6(3,4)7;;;/h1-5H2;2H2,1H3,(H2,3,4,7);3*1H2. The molecule has 0 aromatic carbocycles. The summed E-state index contributed by atoms with van der Waals surface area (Å²) in [5.74, 6) is 0. The maximum atomic E-state index is 8.28. The summed E-state index contributed by atoms with van der Waals surface area (Å²) >= 11 is 4.08. The average Bonchev–Trinajstić information content (AvgIpc) is 1.87. The third kappa shape index (κ3) is 54.4. The van der Waals surface area contributed by atoms with Crippen LogP contribution in [0.4, 0.5) is 0 Å². The molecule has 12 N–H and O–H groups in total. The fourth-order valence-corrected chi connectivity index (χ4v) is 0.939. The van der Waals surface area contributed by atoms with Crippen LogP contribution in [0, 0.1) is 0 Å². The summed E-state index contributed by atoms with van der Waals surface area (Å²) in [6, 6.07) is 0. The summed E-state index contributed by atoms with van der Waals surface area (Å²) in [7, 11) is 0. The second-order valence-electron chi connectivity index (χ2n) is 1.84. The third-order valence-corrected chi connectivity index (χ3v) is 1.62. The molecule has 8 nitrogen and oxygen atoms in total. The van der Waals surface area contributed by atoms with E-state index in [1.807, 2.05) is 0 Å².